The summed E-state index contributed by atoms with van der Waals surface area (Å²) >= 11 is 3.51. The molecular formula is C14H19BrN2O. The Morgan fingerprint density at radius 3 is 2.78 bits per heavy atom. The third kappa shape index (κ3) is 4.58. The average Bonchev–Trinajstić information content (AvgIpc) is 2.35. The van der Waals surface area contributed by atoms with E-state index in [0.717, 1.165) is 28.9 Å². The largest absolute Gasteiger partial charge is 0.497 e. The molecule has 0 saturated heterocycles. The van der Waals surface area contributed by atoms with Gasteiger partial charge in [-0.05, 0) is 39.9 Å². The SMILES string of the molecule is COc1ccc(Br)c(NCC(C)(C)CCC#N)c1. The zero-order valence-electron chi connectivity index (χ0n) is 11.1. The van der Waals surface area contributed by atoms with Gasteiger partial charge in [-0.3, -0.25) is 0 Å². The Kier molecular flexibility index (Phi) is 5.49. The molecule has 0 heterocycles. The number of ether oxygens (including phenoxy) is 1. The first kappa shape index (κ1) is 14.8. The number of methoxy groups -OCH3 is 1. The second-order valence-corrected chi connectivity index (χ2v) is 5.88. The van der Waals surface area contributed by atoms with E-state index >= 15 is 0 Å². The lowest BCUT2D eigenvalue weighted by Gasteiger charge is -2.25. The lowest BCUT2D eigenvalue weighted by molar-refractivity contribution is 0.363. The second kappa shape index (κ2) is 6.65. The molecule has 18 heavy (non-hydrogen) atoms. The first-order valence-electron chi connectivity index (χ1n) is 5.93. The van der Waals surface area contributed by atoms with Crippen LogP contribution in [0.25, 0.3) is 0 Å². The topological polar surface area (TPSA) is 45.0 Å². The number of hydrogen-bond acceptors (Lipinski definition) is 3. The van der Waals surface area contributed by atoms with Crippen molar-refractivity contribution in [1.29, 1.82) is 5.26 Å². The molecule has 1 rings (SSSR count). The van der Waals surface area contributed by atoms with Crippen molar-refractivity contribution in [3.05, 3.63) is 22.7 Å². The van der Waals surface area contributed by atoms with Crippen LogP contribution in [0.15, 0.2) is 22.7 Å². The summed E-state index contributed by atoms with van der Waals surface area (Å²) in [7, 11) is 1.66. The summed E-state index contributed by atoms with van der Waals surface area (Å²) in [5.41, 5.74) is 1.11. The molecule has 0 radical (unpaired) electrons. The molecule has 1 aromatic carbocycles. The molecular weight excluding hydrogens is 292 g/mol. The maximum absolute atomic E-state index is 8.63. The van der Waals surface area contributed by atoms with Crippen molar-refractivity contribution in [3.63, 3.8) is 0 Å². The fourth-order valence-electron chi connectivity index (χ4n) is 1.58. The smallest absolute Gasteiger partial charge is 0.121 e. The fourth-order valence-corrected chi connectivity index (χ4v) is 1.97. The van der Waals surface area contributed by atoms with Gasteiger partial charge in [0.15, 0.2) is 0 Å². The molecule has 0 unspecified atom stereocenters. The lowest BCUT2D eigenvalue weighted by atomic mass is 9.88. The molecule has 0 bridgehead atoms. The van der Waals surface area contributed by atoms with Gasteiger partial charge in [0.25, 0.3) is 0 Å². The van der Waals surface area contributed by atoms with Crippen molar-refractivity contribution in [2.24, 2.45) is 5.41 Å². The van der Waals surface area contributed by atoms with Crippen molar-refractivity contribution in [3.8, 4) is 11.8 Å². The quantitative estimate of drug-likeness (QED) is 0.856. The van der Waals surface area contributed by atoms with E-state index < -0.39 is 0 Å². The molecule has 0 aromatic heterocycles. The number of nitriles is 1. The Hall–Kier alpha value is -1.21. The van der Waals surface area contributed by atoms with Crippen LogP contribution in [-0.4, -0.2) is 13.7 Å². The highest BCUT2D eigenvalue weighted by molar-refractivity contribution is 9.10. The van der Waals surface area contributed by atoms with Gasteiger partial charge in [0.1, 0.15) is 5.75 Å². The summed E-state index contributed by atoms with van der Waals surface area (Å²) in [6, 6.07) is 8.03. The first-order valence-corrected chi connectivity index (χ1v) is 6.72. The number of nitrogens with one attached hydrogen (secondary N) is 1. The highest BCUT2D eigenvalue weighted by atomic mass is 79.9. The molecule has 1 N–H and O–H groups in total. The molecule has 0 fully saturated rings. The summed E-state index contributed by atoms with van der Waals surface area (Å²) in [5, 5.41) is 12.0. The van der Waals surface area contributed by atoms with E-state index in [1.54, 1.807) is 7.11 Å². The van der Waals surface area contributed by atoms with Crippen LogP contribution in [-0.2, 0) is 0 Å². The predicted molar refractivity (Wildman–Crippen MR) is 77.8 cm³/mol. The van der Waals surface area contributed by atoms with Gasteiger partial charge in [0, 0.05) is 23.5 Å². The second-order valence-electron chi connectivity index (χ2n) is 5.02. The zero-order valence-corrected chi connectivity index (χ0v) is 12.7. The van der Waals surface area contributed by atoms with Crippen molar-refractivity contribution in [2.75, 3.05) is 19.0 Å². The predicted octanol–water partition coefficient (Wildman–Crippen LogP) is 4.20. The zero-order chi connectivity index (χ0) is 13.6. The van der Waals surface area contributed by atoms with Crippen molar-refractivity contribution in [1.82, 2.24) is 0 Å². The molecule has 3 nitrogen and oxygen atoms in total. The molecule has 0 atom stereocenters. The van der Waals surface area contributed by atoms with Crippen LogP contribution in [0.2, 0.25) is 0 Å². The van der Waals surface area contributed by atoms with Crippen LogP contribution in [0.4, 0.5) is 5.69 Å². The Labute approximate surface area is 117 Å². The van der Waals surface area contributed by atoms with Gasteiger partial charge < -0.3 is 10.1 Å². The van der Waals surface area contributed by atoms with Crippen molar-refractivity contribution >= 4 is 21.6 Å². The first-order chi connectivity index (χ1) is 8.48. The van der Waals surface area contributed by atoms with Gasteiger partial charge in [-0.15, -0.1) is 0 Å². The highest BCUT2D eigenvalue weighted by Crippen LogP contribution is 2.29. The normalized spacial score (nSPS) is 10.8. The lowest BCUT2D eigenvalue weighted by Crippen LogP contribution is -2.23. The van der Waals surface area contributed by atoms with Gasteiger partial charge in [-0.2, -0.15) is 5.26 Å². The third-order valence-corrected chi connectivity index (χ3v) is 3.54. The molecule has 0 aliphatic carbocycles. The Balaban J connectivity index is 2.65. The molecule has 98 valence electrons. The summed E-state index contributed by atoms with van der Waals surface area (Å²) in [6.45, 7) is 5.14. The van der Waals surface area contributed by atoms with Crippen LogP contribution in [0.1, 0.15) is 26.7 Å². The van der Waals surface area contributed by atoms with Crippen molar-refractivity contribution < 1.29 is 4.74 Å². The van der Waals surface area contributed by atoms with Crippen LogP contribution in [0.5, 0.6) is 5.75 Å². The van der Waals surface area contributed by atoms with E-state index in [0.29, 0.717) is 6.42 Å². The minimum atomic E-state index is 0.0955. The van der Waals surface area contributed by atoms with E-state index in [9.17, 15) is 0 Å². The summed E-state index contributed by atoms with van der Waals surface area (Å²) in [4.78, 5) is 0. The molecule has 0 amide bonds. The van der Waals surface area contributed by atoms with E-state index in [2.05, 4.69) is 41.2 Å². The molecule has 0 aliphatic rings. The van der Waals surface area contributed by atoms with E-state index in [1.807, 2.05) is 18.2 Å². The maximum atomic E-state index is 8.63. The third-order valence-electron chi connectivity index (χ3n) is 2.84. The maximum Gasteiger partial charge on any atom is 0.121 e. The van der Waals surface area contributed by atoms with E-state index in [1.165, 1.54) is 0 Å². The average molecular weight is 311 g/mol. The summed E-state index contributed by atoms with van der Waals surface area (Å²) in [6.07, 6.45) is 1.48. The van der Waals surface area contributed by atoms with Gasteiger partial charge in [-0.1, -0.05) is 13.8 Å². The molecule has 0 saturated carbocycles. The van der Waals surface area contributed by atoms with Crippen molar-refractivity contribution in [2.45, 2.75) is 26.7 Å². The van der Waals surface area contributed by atoms with Crippen LogP contribution >= 0.6 is 15.9 Å². The monoisotopic (exact) mass is 310 g/mol. The summed E-state index contributed by atoms with van der Waals surface area (Å²) in [5.74, 6) is 0.829. The summed E-state index contributed by atoms with van der Waals surface area (Å²) < 4.78 is 6.22. The number of halogens is 1. The van der Waals surface area contributed by atoms with Gasteiger partial charge in [0.2, 0.25) is 0 Å². The van der Waals surface area contributed by atoms with Crippen LogP contribution in [0, 0.1) is 16.7 Å². The van der Waals surface area contributed by atoms with E-state index in [4.69, 9.17) is 10.00 Å². The molecule has 1 aromatic rings. The number of anilines is 1. The Bertz CT molecular complexity index is 438. The van der Waals surface area contributed by atoms with Crippen LogP contribution in [0.3, 0.4) is 0 Å². The number of benzene rings is 1. The highest BCUT2D eigenvalue weighted by Gasteiger charge is 2.17. The number of rotatable bonds is 6. The number of hydrogen-bond donors (Lipinski definition) is 1. The van der Waals surface area contributed by atoms with E-state index in [-0.39, 0.29) is 5.41 Å². The number of nitrogens with zero attached hydrogens (tertiary/aromatic N) is 1. The van der Waals surface area contributed by atoms with Gasteiger partial charge in [-0.25, -0.2) is 0 Å². The molecule has 0 aliphatic heterocycles. The van der Waals surface area contributed by atoms with Gasteiger partial charge >= 0.3 is 0 Å². The minimum absolute atomic E-state index is 0.0955. The minimum Gasteiger partial charge on any atom is -0.497 e. The molecule has 0 spiro atoms. The van der Waals surface area contributed by atoms with Gasteiger partial charge in [0.05, 0.1) is 18.9 Å². The Morgan fingerprint density at radius 1 is 1.44 bits per heavy atom. The Morgan fingerprint density at radius 2 is 2.17 bits per heavy atom. The molecule has 4 heteroatoms. The standard InChI is InChI=1S/C14H19BrN2O/c1-14(2,7-4-8-16)10-17-13-9-11(18-3)5-6-12(13)15/h5-6,9,17H,4,7,10H2,1-3H3. The van der Waals surface area contributed by atoms with Crippen LogP contribution < -0.4 is 10.1 Å². The fraction of sp³-hybridized carbons (Fsp3) is 0.500.